The number of hydrogen-bond donors (Lipinski definition) is 9. The molecule has 9 N–H and O–H groups in total. The van der Waals surface area contributed by atoms with Gasteiger partial charge in [-0.2, -0.15) is 0 Å². The molecule has 0 aromatic rings. The molecule has 2 saturated heterocycles. The standard InChI is InChI=1S/C80H157NO13/c1-3-5-7-9-11-13-15-17-19-21-23-25-27-29-31-33-34-36-38-40-42-44-46-48-50-52-54-56-58-60-62-64-72(85)81-68(67-91-79-77(90)75(88)78(71(66-83)93-79)94-80-76(89)74(87)73(86)70(65-82)92-80)69(84)63-61-59-57-55-53-51-49-47-45-43-41-39-37-35-32-30-28-26-24-22-20-18-16-14-12-10-8-6-4-2/h68-71,73-80,82-84,86-90H,3-67H2,1-2H3,(H,81,85). The fourth-order valence-electron chi connectivity index (χ4n) is 14.3. The van der Waals surface area contributed by atoms with Crippen molar-refractivity contribution in [3.05, 3.63) is 0 Å². The van der Waals surface area contributed by atoms with E-state index < -0.39 is 86.8 Å². The van der Waals surface area contributed by atoms with Gasteiger partial charge in [0, 0.05) is 6.42 Å². The van der Waals surface area contributed by atoms with E-state index in [1.807, 2.05) is 0 Å². The van der Waals surface area contributed by atoms with Crippen LogP contribution in [0.3, 0.4) is 0 Å². The molecule has 12 atom stereocenters. The van der Waals surface area contributed by atoms with Gasteiger partial charge in [0.2, 0.25) is 5.91 Å². The van der Waals surface area contributed by atoms with Gasteiger partial charge in [-0.15, -0.1) is 0 Å². The highest BCUT2D eigenvalue weighted by Crippen LogP contribution is 2.31. The molecule has 0 aromatic carbocycles. The van der Waals surface area contributed by atoms with Crippen LogP contribution in [0, 0.1) is 0 Å². The number of unbranched alkanes of at least 4 members (excludes halogenated alkanes) is 58. The highest BCUT2D eigenvalue weighted by atomic mass is 16.7. The zero-order valence-corrected chi connectivity index (χ0v) is 61.5. The van der Waals surface area contributed by atoms with Crippen LogP contribution in [0.5, 0.6) is 0 Å². The van der Waals surface area contributed by atoms with Gasteiger partial charge < -0.3 is 65.1 Å². The second-order valence-corrected chi connectivity index (χ2v) is 29.6. The number of hydrogen-bond acceptors (Lipinski definition) is 13. The number of carbonyl (C=O) groups excluding carboxylic acids is 1. The molecule has 0 aromatic heterocycles. The van der Waals surface area contributed by atoms with Crippen LogP contribution in [-0.2, 0) is 23.7 Å². The van der Waals surface area contributed by atoms with E-state index in [1.54, 1.807) is 0 Å². The predicted molar refractivity (Wildman–Crippen MR) is 388 cm³/mol. The number of carbonyl (C=O) groups is 1. The van der Waals surface area contributed by atoms with Crippen LogP contribution in [0.1, 0.15) is 412 Å². The van der Waals surface area contributed by atoms with Gasteiger partial charge in [-0.3, -0.25) is 4.79 Å². The molecule has 560 valence electrons. The lowest BCUT2D eigenvalue weighted by molar-refractivity contribution is -0.359. The summed E-state index contributed by atoms with van der Waals surface area (Å²) in [5, 5.41) is 87.9. The Balaban J connectivity index is 1.59. The number of ether oxygens (including phenoxy) is 4. The van der Waals surface area contributed by atoms with Crippen LogP contribution >= 0.6 is 0 Å². The summed E-state index contributed by atoms with van der Waals surface area (Å²) in [5.41, 5.74) is 0. The fourth-order valence-corrected chi connectivity index (χ4v) is 14.3. The molecule has 14 heteroatoms. The maximum Gasteiger partial charge on any atom is 0.220 e. The maximum absolute atomic E-state index is 13.4. The lowest BCUT2D eigenvalue weighted by Gasteiger charge is -2.46. The van der Waals surface area contributed by atoms with Gasteiger partial charge in [0.25, 0.3) is 0 Å². The van der Waals surface area contributed by atoms with Gasteiger partial charge in [0.15, 0.2) is 12.6 Å². The fraction of sp³-hybridized carbons (Fsp3) is 0.988. The summed E-state index contributed by atoms with van der Waals surface area (Å²) >= 11 is 0. The summed E-state index contributed by atoms with van der Waals surface area (Å²) in [7, 11) is 0. The predicted octanol–water partition coefficient (Wildman–Crippen LogP) is 18.7. The first-order valence-corrected chi connectivity index (χ1v) is 41.3. The van der Waals surface area contributed by atoms with Crippen molar-refractivity contribution >= 4 is 5.91 Å². The first-order chi connectivity index (χ1) is 46.1. The van der Waals surface area contributed by atoms with Gasteiger partial charge in [-0.25, -0.2) is 0 Å². The van der Waals surface area contributed by atoms with Crippen LogP contribution in [0.2, 0.25) is 0 Å². The van der Waals surface area contributed by atoms with Crippen LogP contribution in [0.4, 0.5) is 0 Å². The summed E-state index contributed by atoms with van der Waals surface area (Å²) in [6.07, 6.45) is 64.4. The molecule has 2 aliphatic heterocycles. The average Bonchev–Trinajstić information content (AvgIpc) is 0.794. The first kappa shape index (κ1) is 89.1. The van der Waals surface area contributed by atoms with Crippen LogP contribution < -0.4 is 5.32 Å². The van der Waals surface area contributed by atoms with Gasteiger partial charge in [-0.05, 0) is 12.8 Å². The van der Waals surface area contributed by atoms with E-state index in [4.69, 9.17) is 18.9 Å². The summed E-state index contributed by atoms with van der Waals surface area (Å²) < 4.78 is 23.0. The lowest BCUT2D eigenvalue weighted by Crippen LogP contribution is -2.65. The molecule has 0 radical (unpaired) electrons. The molecule has 14 nitrogen and oxygen atoms in total. The Hall–Kier alpha value is -1.01. The van der Waals surface area contributed by atoms with E-state index in [1.165, 1.54) is 334 Å². The van der Waals surface area contributed by atoms with Crippen LogP contribution in [-0.4, -0.2) is 140 Å². The molecule has 0 saturated carbocycles. The Labute approximate surface area is 578 Å². The highest BCUT2D eigenvalue weighted by Gasteiger charge is 2.51. The summed E-state index contributed by atoms with van der Waals surface area (Å²) in [4.78, 5) is 13.4. The van der Waals surface area contributed by atoms with Gasteiger partial charge in [0.1, 0.15) is 48.8 Å². The number of aliphatic hydroxyl groups excluding tert-OH is 8. The third-order valence-electron chi connectivity index (χ3n) is 20.8. The molecule has 94 heavy (non-hydrogen) atoms. The smallest absolute Gasteiger partial charge is 0.220 e. The third kappa shape index (κ3) is 47.9. The Kier molecular flexibility index (Phi) is 61.9. The van der Waals surface area contributed by atoms with E-state index >= 15 is 0 Å². The summed E-state index contributed by atoms with van der Waals surface area (Å²) in [5.74, 6) is -0.194. The van der Waals surface area contributed by atoms with E-state index in [0.29, 0.717) is 12.8 Å². The molecule has 12 unspecified atom stereocenters. The van der Waals surface area contributed by atoms with Crippen molar-refractivity contribution in [2.24, 2.45) is 0 Å². The molecule has 2 heterocycles. The average molecular weight is 1340 g/mol. The summed E-state index contributed by atoms with van der Waals surface area (Å²) in [6.45, 7) is 2.95. The van der Waals surface area contributed by atoms with Crippen LogP contribution in [0.25, 0.3) is 0 Å². The molecule has 2 aliphatic rings. The van der Waals surface area contributed by atoms with Crippen molar-refractivity contribution in [1.29, 1.82) is 0 Å². The quantitative estimate of drug-likeness (QED) is 0.0259. The Morgan fingerprint density at radius 3 is 0.904 bits per heavy atom. The van der Waals surface area contributed by atoms with E-state index in [-0.39, 0.29) is 12.5 Å². The molecule has 0 aliphatic carbocycles. The van der Waals surface area contributed by atoms with Gasteiger partial charge >= 0.3 is 0 Å². The molecule has 2 rings (SSSR count). The molecule has 0 spiro atoms. The zero-order valence-electron chi connectivity index (χ0n) is 61.5. The second kappa shape index (κ2) is 65.3. The molecule has 2 fully saturated rings. The first-order valence-electron chi connectivity index (χ1n) is 41.3. The van der Waals surface area contributed by atoms with Crippen molar-refractivity contribution in [1.82, 2.24) is 5.32 Å². The minimum atomic E-state index is -1.78. The number of rotatable bonds is 71. The largest absolute Gasteiger partial charge is 0.394 e. The Bertz CT molecular complexity index is 1580. The highest BCUT2D eigenvalue weighted by molar-refractivity contribution is 5.76. The third-order valence-corrected chi connectivity index (χ3v) is 20.8. The summed E-state index contributed by atoms with van der Waals surface area (Å²) in [6, 6.07) is -0.826. The Morgan fingerprint density at radius 2 is 0.606 bits per heavy atom. The van der Waals surface area contributed by atoms with Crippen molar-refractivity contribution in [2.45, 2.75) is 485 Å². The zero-order chi connectivity index (χ0) is 68.0. The van der Waals surface area contributed by atoms with Crippen LogP contribution in [0.15, 0.2) is 0 Å². The SMILES string of the molecule is CCCCCCCCCCCCCCCCCCCCCCCCCCCCCCCCCC(=O)NC(COC1OC(CO)C(OC2OC(CO)C(O)C(O)C2O)C(O)C1O)C(O)CCCCCCCCCCCCCCCCCCCCCCCCCCCCCCC. The Morgan fingerprint density at radius 1 is 0.340 bits per heavy atom. The number of aliphatic hydroxyl groups is 8. The van der Waals surface area contributed by atoms with E-state index in [9.17, 15) is 45.6 Å². The normalized spacial score (nSPS) is 22.3. The minimum absolute atomic E-state index is 0.194. The van der Waals surface area contributed by atoms with Gasteiger partial charge in [-0.1, -0.05) is 393 Å². The van der Waals surface area contributed by atoms with E-state index in [2.05, 4.69) is 19.2 Å². The molecule has 0 bridgehead atoms. The van der Waals surface area contributed by atoms with Gasteiger partial charge in [0.05, 0.1) is 32.0 Å². The number of nitrogens with one attached hydrogen (secondary N) is 1. The molecular formula is C80H157NO13. The number of amides is 1. The topological polar surface area (TPSA) is 228 Å². The van der Waals surface area contributed by atoms with Crippen molar-refractivity contribution in [2.75, 3.05) is 19.8 Å². The molecular weight excluding hydrogens is 1180 g/mol. The van der Waals surface area contributed by atoms with Crippen molar-refractivity contribution in [3.8, 4) is 0 Å². The van der Waals surface area contributed by atoms with E-state index in [0.717, 1.165) is 51.4 Å². The maximum atomic E-state index is 13.4. The van der Waals surface area contributed by atoms with Crippen molar-refractivity contribution < 1.29 is 64.6 Å². The monoisotopic (exact) mass is 1340 g/mol. The van der Waals surface area contributed by atoms with Crippen molar-refractivity contribution in [3.63, 3.8) is 0 Å². The lowest BCUT2D eigenvalue weighted by atomic mass is 9.97. The second-order valence-electron chi connectivity index (χ2n) is 29.6. The molecule has 1 amide bonds. The minimum Gasteiger partial charge on any atom is -0.394 e.